The number of nitrogens with zero attached hydrogens (tertiary/aromatic N) is 2. The van der Waals surface area contributed by atoms with E-state index >= 15 is 0 Å². The molecule has 98 valence electrons. The number of hydrogen-bond donors (Lipinski definition) is 1. The molecule has 1 amide bonds. The minimum atomic E-state index is 0.315. The number of rotatable bonds is 2. The van der Waals surface area contributed by atoms with Crippen LogP contribution in [0.15, 0.2) is 0 Å². The molecule has 0 radical (unpaired) electrons. The summed E-state index contributed by atoms with van der Waals surface area (Å²) in [6, 6.07) is 0. The van der Waals surface area contributed by atoms with Crippen molar-refractivity contribution in [1.82, 2.24) is 15.1 Å². The van der Waals surface area contributed by atoms with Crippen molar-refractivity contribution < 1.29 is 4.79 Å². The Bertz CT molecular complexity index is 270. The monoisotopic (exact) mass is 239 g/mol. The smallest absolute Gasteiger partial charge is 0.236 e. The molecule has 0 unspecified atom stereocenters. The van der Waals surface area contributed by atoms with Crippen molar-refractivity contribution in [3.8, 4) is 0 Å². The van der Waals surface area contributed by atoms with Crippen molar-refractivity contribution in [2.75, 3.05) is 45.8 Å². The minimum Gasteiger partial charge on any atom is -0.341 e. The van der Waals surface area contributed by atoms with Crippen molar-refractivity contribution in [1.29, 1.82) is 0 Å². The van der Waals surface area contributed by atoms with Crippen LogP contribution in [-0.2, 0) is 4.79 Å². The van der Waals surface area contributed by atoms with Crippen LogP contribution in [0.3, 0.4) is 0 Å². The van der Waals surface area contributed by atoms with Crippen LogP contribution >= 0.6 is 0 Å². The first-order chi connectivity index (χ1) is 8.07. The zero-order chi connectivity index (χ0) is 12.3. The highest BCUT2D eigenvalue weighted by Crippen LogP contribution is 2.28. The fourth-order valence-electron chi connectivity index (χ4n) is 2.68. The summed E-state index contributed by atoms with van der Waals surface area (Å²) in [6.07, 6.45) is 2.29. The summed E-state index contributed by atoms with van der Waals surface area (Å²) >= 11 is 0. The molecule has 0 saturated carbocycles. The fourth-order valence-corrected chi connectivity index (χ4v) is 2.68. The largest absolute Gasteiger partial charge is 0.341 e. The van der Waals surface area contributed by atoms with E-state index in [1.54, 1.807) is 0 Å². The van der Waals surface area contributed by atoms with Gasteiger partial charge in [0.2, 0.25) is 5.91 Å². The number of hydrogen-bond acceptors (Lipinski definition) is 3. The van der Waals surface area contributed by atoms with Gasteiger partial charge >= 0.3 is 0 Å². The highest BCUT2D eigenvalue weighted by Gasteiger charge is 2.32. The van der Waals surface area contributed by atoms with Gasteiger partial charge in [0.05, 0.1) is 6.54 Å². The Morgan fingerprint density at radius 1 is 1.24 bits per heavy atom. The van der Waals surface area contributed by atoms with Crippen molar-refractivity contribution in [3.05, 3.63) is 0 Å². The van der Waals surface area contributed by atoms with Gasteiger partial charge in [0.25, 0.3) is 0 Å². The maximum atomic E-state index is 12.2. The molecule has 4 nitrogen and oxygen atoms in total. The molecule has 2 saturated heterocycles. The molecule has 1 N–H and O–H groups in total. The third-order valence-electron chi connectivity index (χ3n) is 3.82. The quantitative estimate of drug-likeness (QED) is 0.764. The predicted octanol–water partition coefficient (Wildman–Crippen LogP) is 0.540. The summed E-state index contributed by atoms with van der Waals surface area (Å²) < 4.78 is 0. The zero-order valence-corrected chi connectivity index (χ0v) is 11.2. The molecular formula is C13H25N3O. The van der Waals surface area contributed by atoms with Gasteiger partial charge in [0.15, 0.2) is 0 Å². The summed E-state index contributed by atoms with van der Waals surface area (Å²) in [5, 5.41) is 3.37. The van der Waals surface area contributed by atoms with Gasteiger partial charge in [-0.3, -0.25) is 9.69 Å². The van der Waals surface area contributed by atoms with Crippen LogP contribution in [0.5, 0.6) is 0 Å². The van der Waals surface area contributed by atoms with Crippen LogP contribution in [-0.4, -0.2) is 61.5 Å². The summed E-state index contributed by atoms with van der Waals surface area (Å²) in [7, 11) is 0. The molecule has 4 heteroatoms. The minimum absolute atomic E-state index is 0.315. The lowest BCUT2D eigenvalue weighted by atomic mass is 9.93. The first-order valence-electron chi connectivity index (χ1n) is 6.78. The van der Waals surface area contributed by atoms with E-state index in [0.29, 0.717) is 17.9 Å². The normalized spacial score (nSPS) is 25.9. The first kappa shape index (κ1) is 12.8. The van der Waals surface area contributed by atoms with Crippen LogP contribution in [0.1, 0.15) is 26.7 Å². The number of amides is 1. The summed E-state index contributed by atoms with van der Waals surface area (Å²) in [5.74, 6) is 0.317. The summed E-state index contributed by atoms with van der Waals surface area (Å²) in [6.45, 7) is 11.1. The second-order valence-corrected chi connectivity index (χ2v) is 6.11. The Kier molecular flexibility index (Phi) is 4.05. The van der Waals surface area contributed by atoms with Crippen LogP contribution in [0.2, 0.25) is 0 Å². The van der Waals surface area contributed by atoms with Gasteiger partial charge in [0.1, 0.15) is 0 Å². The van der Waals surface area contributed by atoms with Gasteiger partial charge in [0, 0.05) is 26.2 Å². The molecule has 2 aliphatic heterocycles. The molecule has 0 aromatic rings. The van der Waals surface area contributed by atoms with Crippen LogP contribution in [0.4, 0.5) is 0 Å². The Morgan fingerprint density at radius 2 is 2.06 bits per heavy atom. The van der Waals surface area contributed by atoms with E-state index in [2.05, 4.69) is 24.1 Å². The third-order valence-corrected chi connectivity index (χ3v) is 3.82. The van der Waals surface area contributed by atoms with E-state index in [9.17, 15) is 4.79 Å². The lowest BCUT2D eigenvalue weighted by Gasteiger charge is -2.24. The van der Waals surface area contributed by atoms with E-state index in [1.165, 1.54) is 0 Å². The number of carbonyl (C=O) groups excluding carboxylic acids is 1. The standard InChI is InChI=1S/C13H25N3O/c1-13(2)4-8-16(11-13)12(17)10-15-7-3-5-14-6-9-15/h14H,3-11H2,1-2H3. The molecule has 17 heavy (non-hydrogen) atoms. The van der Waals surface area contributed by atoms with Crippen molar-refractivity contribution in [3.63, 3.8) is 0 Å². The SMILES string of the molecule is CC1(C)CCN(C(=O)CN2CCCNCC2)C1. The zero-order valence-electron chi connectivity index (χ0n) is 11.2. The molecule has 2 fully saturated rings. The van der Waals surface area contributed by atoms with E-state index in [1.807, 2.05) is 4.90 Å². The molecule has 0 bridgehead atoms. The predicted molar refractivity (Wildman–Crippen MR) is 68.9 cm³/mol. The molecule has 0 aromatic heterocycles. The molecule has 2 aliphatic rings. The summed E-state index contributed by atoms with van der Waals surface area (Å²) in [5.41, 5.74) is 0.315. The average Bonchev–Trinajstić information content (AvgIpc) is 2.50. The van der Waals surface area contributed by atoms with Crippen molar-refractivity contribution >= 4 is 5.91 Å². The van der Waals surface area contributed by atoms with Gasteiger partial charge in [-0.1, -0.05) is 13.8 Å². The number of likely N-dealkylation sites (tertiary alicyclic amines) is 1. The van der Waals surface area contributed by atoms with Gasteiger partial charge < -0.3 is 10.2 Å². The van der Waals surface area contributed by atoms with E-state index in [-0.39, 0.29) is 0 Å². The first-order valence-corrected chi connectivity index (χ1v) is 6.78. The molecule has 0 aliphatic carbocycles. The second kappa shape index (κ2) is 5.36. The Balaban J connectivity index is 1.80. The van der Waals surface area contributed by atoms with Gasteiger partial charge in [-0.05, 0) is 31.3 Å². The van der Waals surface area contributed by atoms with Gasteiger partial charge in [-0.25, -0.2) is 0 Å². The highest BCUT2D eigenvalue weighted by atomic mass is 16.2. The topological polar surface area (TPSA) is 35.6 Å². The second-order valence-electron chi connectivity index (χ2n) is 6.11. The van der Waals surface area contributed by atoms with E-state index in [0.717, 1.165) is 52.1 Å². The molecule has 0 aromatic carbocycles. The summed E-state index contributed by atoms with van der Waals surface area (Å²) in [4.78, 5) is 16.5. The lowest BCUT2D eigenvalue weighted by molar-refractivity contribution is -0.131. The molecule has 0 atom stereocenters. The Hall–Kier alpha value is -0.610. The van der Waals surface area contributed by atoms with Crippen LogP contribution in [0, 0.1) is 5.41 Å². The fraction of sp³-hybridized carbons (Fsp3) is 0.923. The highest BCUT2D eigenvalue weighted by molar-refractivity contribution is 5.78. The van der Waals surface area contributed by atoms with Crippen LogP contribution in [0.25, 0.3) is 0 Å². The van der Waals surface area contributed by atoms with Gasteiger partial charge in [-0.15, -0.1) is 0 Å². The molecule has 2 heterocycles. The number of nitrogens with one attached hydrogen (secondary N) is 1. The maximum absolute atomic E-state index is 12.2. The average molecular weight is 239 g/mol. The Labute approximate surface area is 104 Å². The van der Waals surface area contributed by atoms with E-state index < -0.39 is 0 Å². The maximum Gasteiger partial charge on any atom is 0.236 e. The van der Waals surface area contributed by atoms with Gasteiger partial charge in [-0.2, -0.15) is 0 Å². The van der Waals surface area contributed by atoms with E-state index in [4.69, 9.17) is 0 Å². The lowest BCUT2D eigenvalue weighted by Crippen LogP contribution is -2.41. The molecule has 2 rings (SSSR count). The Morgan fingerprint density at radius 3 is 2.76 bits per heavy atom. The molecule has 0 spiro atoms. The third kappa shape index (κ3) is 3.68. The van der Waals surface area contributed by atoms with Crippen molar-refractivity contribution in [2.24, 2.45) is 5.41 Å². The van der Waals surface area contributed by atoms with Crippen molar-refractivity contribution in [2.45, 2.75) is 26.7 Å². The van der Waals surface area contributed by atoms with Crippen LogP contribution < -0.4 is 5.32 Å². The molecular weight excluding hydrogens is 214 g/mol. The number of carbonyl (C=O) groups is 1.